The van der Waals surface area contributed by atoms with Gasteiger partial charge in [0.1, 0.15) is 18.1 Å². The molecule has 0 radical (unpaired) electrons. The number of carbonyl (C=O) groups is 1. The monoisotopic (exact) mass is 448 g/mol. The van der Waals surface area contributed by atoms with Crippen molar-refractivity contribution in [3.8, 4) is 11.5 Å². The van der Waals surface area contributed by atoms with Crippen molar-refractivity contribution in [2.45, 2.75) is 44.6 Å². The third-order valence-corrected chi connectivity index (χ3v) is 6.57. The Hall–Kier alpha value is -2.58. The van der Waals surface area contributed by atoms with Crippen molar-refractivity contribution in [2.24, 2.45) is 0 Å². The molecule has 8 heteroatoms. The molecule has 0 saturated heterocycles. The first-order chi connectivity index (χ1) is 14.5. The summed E-state index contributed by atoms with van der Waals surface area (Å²) < 4.78 is 36.8. The van der Waals surface area contributed by atoms with Gasteiger partial charge >= 0.3 is 0 Å². The third-order valence-electron chi connectivity index (χ3n) is 4.74. The Morgan fingerprint density at radius 1 is 1.06 bits per heavy atom. The number of nitrogens with one attached hydrogen (secondary N) is 1. The van der Waals surface area contributed by atoms with Gasteiger partial charge in [0, 0.05) is 14.1 Å². The highest BCUT2D eigenvalue weighted by molar-refractivity contribution is 7.89. The standard InChI is InChI=1S/C23H32N2O5S/c1-16(2)21-12-7-17(3)15-22(21)30-18(4)23(26)24-13-14-29-19-8-10-20(11-9-19)31(27,28)25(5)6/h7-12,15-16,18H,13-14H2,1-6H3,(H,24,26)/t18-/m0/s1. The molecular formula is C23H32N2O5S. The molecule has 1 amide bonds. The van der Waals surface area contributed by atoms with E-state index in [9.17, 15) is 13.2 Å². The van der Waals surface area contributed by atoms with E-state index in [2.05, 4.69) is 19.2 Å². The predicted octanol–water partition coefficient (Wildman–Crippen LogP) is 3.33. The number of benzene rings is 2. The number of rotatable bonds is 10. The van der Waals surface area contributed by atoms with Crippen molar-refractivity contribution in [1.82, 2.24) is 9.62 Å². The highest BCUT2D eigenvalue weighted by Crippen LogP contribution is 2.28. The highest BCUT2D eigenvalue weighted by Gasteiger charge is 2.18. The molecule has 0 saturated carbocycles. The van der Waals surface area contributed by atoms with Gasteiger partial charge in [-0.15, -0.1) is 0 Å². The van der Waals surface area contributed by atoms with Gasteiger partial charge in [-0.3, -0.25) is 4.79 Å². The Bertz CT molecular complexity index is 986. The Kier molecular flexibility index (Phi) is 8.47. The summed E-state index contributed by atoms with van der Waals surface area (Å²) >= 11 is 0. The van der Waals surface area contributed by atoms with Gasteiger partial charge in [0.25, 0.3) is 5.91 Å². The lowest BCUT2D eigenvalue weighted by Crippen LogP contribution is -2.38. The molecule has 1 N–H and O–H groups in total. The van der Waals surface area contributed by atoms with Crippen LogP contribution in [0.3, 0.4) is 0 Å². The quantitative estimate of drug-likeness (QED) is 0.564. The second-order valence-electron chi connectivity index (χ2n) is 7.85. The topological polar surface area (TPSA) is 84.9 Å². The van der Waals surface area contributed by atoms with E-state index in [1.165, 1.54) is 26.2 Å². The van der Waals surface area contributed by atoms with E-state index in [1.807, 2.05) is 25.1 Å². The lowest BCUT2D eigenvalue weighted by Gasteiger charge is -2.19. The second-order valence-corrected chi connectivity index (χ2v) is 10.0. The number of hydrogen-bond acceptors (Lipinski definition) is 5. The van der Waals surface area contributed by atoms with Crippen LogP contribution in [0, 0.1) is 6.92 Å². The lowest BCUT2D eigenvalue weighted by atomic mass is 10.0. The first-order valence-electron chi connectivity index (χ1n) is 10.2. The van der Waals surface area contributed by atoms with Crippen LogP contribution in [0.25, 0.3) is 0 Å². The lowest BCUT2D eigenvalue weighted by molar-refractivity contribution is -0.127. The Morgan fingerprint density at radius 3 is 2.29 bits per heavy atom. The zero-order chi connectivity index (χ0) is 23.2. The zero-order valence-electron chi connectivity index (χ0n) is 19.0. The molecule has 0 heterocycles. The van der Waals surface area contributed by atoms with Crippen LogP contribution in [0.1, 0.15) is 37.8 Å². The number of aryl methyl sites for hydroxylation is 1. The number of ether oxygens (including phenoxy) is 2. The van der Waals surface area contributed by atoms with E-state index < -0.39 is 16.1 Å². The highest BCUT2D eigenvalue weighted by atomic mass is 32.2. The molecule has 2 aromatic rings. The normalized spacial score (nSPS) is 12.6. The average Bonchev–Trinajstić information content (AvgIpc) is 2.71. The van der Waals surface area contributed by atoms with Crippen molar-refractivity contribution in [1.29, 1.82) is 0 Å². The molecule has 31 heavy (non-hydrogen) atoms. The maximum atomic E-state index is 12.4. The summed E-state index contributed by atoms with van der Waals surface area (Å²) in [5.74, 6) is 1.31. The van der Waals surface area contributed by atoms with E-state index in [1.54, 1.807) is 19.1 Å². The fourth-order valence-corrected chi connectivity index (χ4v) is 3.77. The first kappa shape index (κ1) is 24.7. The molecule has 2 rings (SSSR count). The van der Waals surface area contributed by atoms with Crippen LogP contribution in [0.15, 0.2) is 47.4 Å². The van der Waals surface area contributed by atoms with Crippen molar-refractivity contribution in [3.05, 3.63) is 53.6 Å². The summed E-state index contributed by atoms with van der Waals surface area (Å²) in [6.07, 6.45) is -0.644. The molecule has 0 spiro atoms. The minimum absolute atomic E-state index is 0.195. The van der Waals surface area contributed by atoms with Crippen molar-refractivity contribution >= 4 is 15.9 Å². The van der Waals surface area contributed by atoms with Gasteiger partial charge in [-0.25, -0.2) is 12.7 Å². The number of carbonyl (C=O) groups excluding carboxylic acids is 1. The number of nitrogens with zero attached hydrogens (tertiary/aromatic N) is 1. The molecule has 0 unspecified atom stereocenters. The Labute approximate surface area is 185 Å². The van der Waals surface area contributed by atoms with Crippen LogP contribution in [0.5, 0.6) is 11.5 Å². The van der Waals surface area contributed by atoms with Crippen LogP contribution in [0.4, 0.5) is 0 Å². The molecule has 0 aliphatic rings. The summed E-state index contributed by atoms with van der Waals surface area (Å²) in [6, 6.07) is 12.2. The molecule has 0 aromatic heterocycles. The van der Waals surface area contributed by atoms with Crippen LogP contribution in [-0.2, 0) is 14.8 Å². The summed E-state index contributed by atoms with van der Waals surface area (Å²) in [5.41, 5.74) is 2.14. The SMILES string of the molecule is Cc1ccc(C(C)C)c(O[C@@H](C)C(=O)NCCOc2ccc(S(=O)(=O)N(C)C)cc2)c1. The van der Waals surface area contributed by atoms with Crippen molar-refractivity contribution < 1.29 is 22.7 Å². The predicted molar refractivity (Wildman–Crippen MR) is 121 cm³/mol. The van der Waals surface area contributed by atoms with E-state index in [-0.39, 0.29) is 17.4 Å². The van der Waals surface area contributed by atoms with E-state index in [0.29, 0.717) is 18.2 Å². The number of amides is 1. The number of hydrogen-bond donors (Lipinski definition) is 1. The maximum Gasteiger partial charge on any atom is 0.260 e. The van der Waals surface area contributed by atoms with Crippen LogP contribution >= 0.6 is 0 Å². The van der Waals surface area contributed by atoms with Gasteiger partial charge in [0.2, 0.25) is 10.0 Å². The van der Waals surface area contributed by atoms with Gasteiger partial charge in [-0.2, -0.15) is 0 Å². The van der Waals surface area contributed by atoms with E-state index in [0.717, 1.165) is 21.2 Å². The summed E-state index contributed by atoms with van der Waals surface area (Å²) in [7, 11) is -0.506. The van der Waals surface area contributed by atoms with Crippen LogP contribution < -0.4 is 14.8 Å². The largest absolute Gasteiger partial charge is 0.492 e. The molecule has 170 valence electrons. The fourth-order valence-electron chi connectivity index (χ4n) is 2.87. The molecule has 0 aliphatic carbocycles. The van der Waals surface area contributed by atoms with Gasteiger partial charge < -0.3 is 14.8 Å². The van der Waals surface area contributed by atoms with E-state index >= 15 is 0 Å². The molecular weight excluding hydrogens is 416 g/mol. The second kappa shape index (κ2) is 10.6. The van der Waals surface area contributed by atoms with Gasteiger partial charge in [-0.1, -0.05) is 26.0 Å². The molecule has 7 nitrogen and oxygen atoms in total. The summed E-state index contributed by atoms with van der Waals surface area (Å²) in [4.78, 5) is 12.6. The minimum atomic E-state index is -3.47. The first-order valence-corrected chi connectivity index (χ1v) is 11.7. The fraction of sp³-hybridized carbons (Fsp3) is 0.435. The van der Waals surface area contributed by atoms with E-state index in [4.69, 9.17) is 9.47 Å². The van der Waals surface area contributed by atoms with Gasteiger partial charge in [0.15, 0.2) is 6.10 Å². The minimum Gasteiger partial charge on any atom is -0.492 e. The average molecular weight is 449 g/mol. The summed E-state index contributed by atoms with van der Waals surface area (Å²) in [5, 5.41) is 2.80. The van der Waals surface area contributed by atoms with Crippen LogP contribution in [0.2, 0.25) is 0 Å². The maximum absolute atomic E-state index is 12.4. The molecule has 0 aliphatic heterocycles. The summed E-state index contributed by atoms with van der Waals surface area (Å²) in [6.45, 7) is 8.42. The molecule has 1 atom stereocenters. The Balaban J connectivity index is 1.84. The van der Waals surface area contributed by atoms with Gasteiger partial charge in [0.05, 0.1) is 11.4 Å². The van der Waals surface area contributed by atoms with Gasteiger partial charge in [-0.05, 0) is 61.2 Å². The van der Waals surface area contributed by atoms with Crippen LogP contribution in [-0.4, -0.2) is 52.0 Å². The molecule has 2 aromatic carbocycles. The molecule has 0 fully saturated rings. The molecule has 0 bridgehead atoms. The van der Waals surface area contributed by atoms with Crippen molar-refractivity contribution in [2.75, 3.05) is 27.2 Å². The third kappa shape index (κ3) is 6.70. The zero-order valence-corrected chi connectivity index (χ0v) is 19.8. The Morgan fingerprint density at radius 2 is 1.71 bits per heavy atom. The smallest absolute Gasteiger partial charge is 0.260 e. The number of sulfonamides is 1. The van der Waals surface area contributed by atoms with Crippen molar-refractivity contribution in [3.63, 3.8) is 0 Å².